The average molecular weight is 370 g/mol. The van der Waals surface area contributed by atoms with Crippen molar-refractivity contribution >= 4 is 34.2 Å². The molecule has 2 aromatic carbocycles. The van der Waals surface area contributed by atoms with Crippen LogP contribution >= 0.6 is 0 Å². The Kier molecular flexibility index (Phi) is 4.84. The first-order valence-corrected chi connectivity index (χ1v) is 7.93. The Labute approximate surface area is 151 Å². The maximum absolute atomic E-state index is 13.4. The standard InChI is InChI=1S/C18H15FN4O4/c1-10(24)20-12-3-2-4-13(8-12)21-16(25)9-23-15-6-5-11(19)7-14(15)22-17(26)18(23)27/h2-8H,9H2,1H3,(H,20,24)(H,21,25)(H,22,26). The van der Waals surface area contributed by atoms with Gasteiger partial charge >= 0.3 is 11.1 Å². The van der Waals surface area contributed by atoms with Gasteiger partial charge in [-0.25, -0.2) is 4.39 Å². The van der Waals surface area contributed by atoms with Crippen molar-refractivity contribution in [2.45, 2.75) is 13.5 Å². The molecular formula is C18H15FN4O4. The lowest BCUT2D eigenvalue weighted by Gasteiger charge is -2.11. The van der Waals surface area contributed by atoms with Crippen molar-refractivity contribution in [1.82, 2.24) is 9.55 Å². The van der Waals surface area contributed by atoms with Crippen molar-refractivity contribution in [2.75, 3.05) is 10.6 Å². The molecule has 3 aromatic rings. The number of aromatic amines is 1. The Morgan fingerprint density at radius 3 is 2.48 bits per heavy atom. The number of rotatable bonds is 4. The van der Waals surface area contributed by atoms with Gasteiger partial charge in [0.25, 0.3) is 0 Å². The van der Waals surface area contributed by atoms with Crippen molar-refractivity contribution < 1.29 is 14.0 Å². The fourth-order valence-electron chi connectivity index (χ4n) is 2.63. The third-order valence-electron chi connectivity index (χ3n) is 3.71. The second kappa shape index (κ2) is 7.24. The number of anilines is 2. The van der Waals surface area contributed by atoms with E-state index in [1.807, 2.05) is 0 Å². The number of nitrogens with one attached hydrogen (secondary N) is 3. The van der Waals surface area contributed by atoms with Crippen molar-refractivity contribution in [2.24, 2.45) is 0 Å². The molecule has 0 unspecified atom stereocenters. The summed E-state index contributed by atoms with van der Waals surface area (Å²) < 4.78 is 14.3. The summed E-state index contributed by atoms with van der Waals surface area (Å²) in [5, 5.41) is 5.18. The number of aromatic nitrogens is 2. The van der Waals surface area contributed by atoms with Crippen molar-refractivity contribution in [1.29, 1.82) is 0 Å². The quantitative estimate of drug-likeness (QED) is 0.603. The first kappa shape index (κ1) is 18.1. The number of hydrogen-bond acceptors (Lipinski definition) is 4. The van der Waals surface area contributed by atoms with E-state index in [4.69, 9.17) is 0 Å². The Balaban J connectivity index is 1.89. The lowest BCUT2D eigenvalue weighted by molar-refractivity contribution is -0.116. The van der Waals surface area contributed by atoms with Crippen LogP contribution in [0.15, 0.2) is 52.1 Å². The van der Waals surface area contributed by atoms with Crippen LogP contribution in [-0.2, 0) is 16.1 Å². The number of benzene rings is 2. The second-order valence-electron chi connectivity index (χ2n) is 5.82. The molecule has 0 atom stereocenters. The van der Waals surface area contributed by atoms with Gasteiger partial charge in [-0.1, -0.05) is 6.07 Å². The van der Waals surface area contributed by atoms with E-state index in [-0.39, 0.29) is 16.9 Å². The minimum atomic E-state index is -0.950. The average Bonchev–Trinajstić information content (AvgIpc) is 2.58. The normalized spacial score (nSPS) is 10.6. The monoisotopic (exact) mass is 370 g/mol. The summed E-state index contributed by atoms with van der Waals surface area (Å²) in [6.45, 7) is 0.924. The van der Waals surface area contributed by atoms with Crippen molar-refractivity contribution in [3.8, 4) is 0 Å². The SMILES string of the molecule is CC(=O)Nc1cccc(NC(=O)Cn2c(=O)c(=O)[nH]c3cc(F)ccc32)c1. The molecule has 27 heavy (non-hydrogen) atoms. The Morgan fingerprint density at radius 2 is 1.78 bits per heavy atom. The van der Waals surface area contributed by atoms with Gasteiger partial charge in [0.15, 0.2) is 0 Å². The summed E-state index contributed by atoms with van der Waals surface area (Å²) in [5.41, 5.74) is -0.637. The molecule has 8 nitrogen and oxygen atoms in total. The molecule has 0 saturated carbocycles. The van der Waals surface area contributed by atoms with Gasteiger partial charge < -0.3 is 15.6 Å². The number of H-pyrrole nitrogens is 1. The van der Waals surface area contributed by atoms with Gasteiger partial charge in [0.1, 0.15) is 12.4 Å². The summed E-state index contributed by atoms with van der Waals surface area (Å²) >= 11 is 0. The molecule has 138 valence electrons. The molecule has 1 aromatic heterocycles. The molecule has 2 amide bonds. The molecule has 0 aliphatic rings. The molecule has 0 aliphatic heterocycles. The number of hydrogen-bond donors (Lipinski definition) is 3. The highest BCUT2D eigenvalue weighted by Gasteiger charge is 2.12. The van der Waals surface area contributed by atoms with Crippen LogP contribution in [0.2, 0.25) is 0 Å². The maximum atomic E-state index is 13.4. The van der Waals surface area contributed by atoms with Crippen LogP contribution < -0.4 is 21.8 Å². The number of halogens is 1. The molecule has 0 aliphatic carbocycles. The predicted molar refractivity (Wildman–Crippen MR) is 98.2 cm³/mol. The first-order chi connectivity index (χ1) is 12.8. The highest BCUT2D eigenvalue weighted by Crippen LogP contribution is 2.15. The summed E-state index contributed by atoms with van der Waals surface area (Å²) in [5.74, 6) is -1.40. The van der Waals surface area contributed by atoms with Crippen molar-refractivity contribution in [3.05, 3.63) is 69.0 Å². The highest BCUT2D eigenvalue weighted by atomic mass is 19.1. The van der Waals surface area contributed by atoms with E-state index in [1.54, 1.807) is 24.3 Å². The maximum Gasteiger partial charge on any atom is 0.317 e. The fourth-order valence-corrected chi connectivity index (χ4v) is 2.63. The summed E-state index contributed by atoms with van der Waals surface area (Å²) in [7, 11) is 0. The molecule has 9 heteroatoms. The Hall–Kier alpha value is -3.75. The topological polar surface area (TPSA) is 113 Å². The predicted octanol–water partition coefficient (Wildman–Crippen LogP) is 1.43. The van der Waals surface area contributed by atoms with Gasteiger partial charge in [-0.15, -0.1) is 0 Å². The Morgan fingerprint density at radius 1 is 1.07 bits per heavy atom. The van der Waals surface area contributed by atoms with Crippen LogP contribution in [0, 0.1) is 5.82 Å². The largest absolute Gasteiger partial charge is 0.326 e. The minimum Gasteiger partial charge on any atom is -0.326 e. The van der Waals surface area contributed by atoms with Gasteiger partial charge in [-0.2, -0.15) is 0 Å². The number of amides is 2. The van der Waals surface area contributed by atoms with Gasteiger partial charge in [0.05, 0.1) is 11.0 Å². The zero-order valence-corrected chi connectivity index (χ0v) is 14.2. The minimum absolute atomic E-state index is 0.111. The van der Waals surface area contributed by atoms with Crippen LogP contribution in [0.25, 0.3) is 11.0 Å². The first-order valence-electron chi connectivity index (χ1n) is 7.93. The van der Waals surface area contributed by atoms with Gasteiger partial charge in [-0.05, 0) is 36.4 Å². The molecule has 0 radical (unpaired) electrons. The third-order valence-corrected chi connectivity index (χ3v) is 3.71. The molecule has 0 bridgehead atoms. The fraction of sp³-hybridized carbons (Fsp3) is 0.111. The van der Waals surface area contributed by atoms with E-state index in [9.17, 15) is 23.6 Å². The number of nitrogens with zero attached hydrogens (tertiary/aromatic N) is 1. The number of carbonyl (C=O) groups is 2. The molecule has 3 N–H and O–H groups in total. The van der Waals surface area contributed by atoms with Crippen LogP contribution in [0.5, 0.6) is 0 Å². The summed E-state index contributed by atoms with van der Waals surface area (Å²) in [6, 6.07) is 9.96. The smallest absolute Gasteiger partial charge is 0.317 e. The highest BCUT2D eigenvalue weighted by molar-refractivity contribution is 5.93. The van der Waals surface area contributed by atoms with E-state index in [0.717, 1.165) is 16.7 Å². The van der Waals surface area contributed by atoms with Crippen LogP contribution in [0.1, 0.15) is 6.92 Å². The van der Waals surface area contributed by atoms with Crippen LogP contribution in [0.4, 0.5) is 15.8 Å². The van der Waals surface area contributed by atoms with Crippen LogP contribution in [-0.4, -0.2) is 21.4 Å². The van der Waals surface area contributed by atoms with E-state index in [0.29, 0.717) is 11.4 Å². The van der Waals surface area contributed by atoms with Gasteiger partial charge in [0, 0.05) is 18.3 Å². The molecule has 0 spiro atoms. The van der Waals surface area contributed by atoms with E-state index < -0.39 is 29.4 Å². The van der Waals surface area contributed by atoms with Gasteiger partial charge in [-0.3, -0.25) is 23.7 Å². The number of carbonyl (C=O) groups excluding carboxylic acids is 2. The lowest BCUT2D eigenvalue weighted by atomic mass is 10.2. The second-order valence-corrected chi connectivity index (χ2v) is 5.82. The lowest BCUT2D eigenvalue weighted by Crippen LogP contribution is -2.38. The molecule has 1 heterocycles. The summed E-state index contributed by atoms with van der Waals surface area (Å²) in [4.78, 5) is 49.6. The van der Waals surface area contributed by atoms with Crippen LogP contribution in [0.3, 0.4) is 0 Å². The van der Waals surface area contributed by atoms with Gasteiger partial charge in [0.2, 0.25) is 11.8 Å². The molecule has 0 fully saturated rings. The summed E-state index contributed by atoms with van der Waals surface area (Å²) in [6.07, 6.45) is 0. The molecule has 3 rings (SSSR count). The zero-order chi connectivity index (χ0) is 19.6. The third kappa shape index (κ3) is 4.09. The van der Waals surface area contributed by atoms with E-state index in [2.05, 4.69) is 15.6 Å². The Bertz CT molecular complexity index is 1170. The molecular weight excluding hydrogens is 355 g/mol. The number of fused-ring (bicyclic) bond motifs is 1. The van der Waals surface area contributed by atoms with E-state index in [1.165, 1.54) is 13.0 Å². The zero-order valence-electron chi connectivity index (χ0n) is 14.2. The van der Waals surface area contributed by atoms with E-state index >= 15 is 0 Å². The molecule has 0 saturated heterocycles. The van der Waals surface area contributed by atoms with Crippen molar-refractivity contribution in [3.63, 3.8) is 0 Å².